The lowest BCUT2D eigenvalue weighted by atomic mass is 9.33. The van der Waals surface area contributed by atoms with E-state index in [1.54, 1.807) is 0 Å². The van der Waals surface area contributed by atoms with E-state index in [-0.39, 0.29) is 17.7 Å². The third kappa shape index (κ3) is 8.29. The molecule has 2 atom stereocenters. The Kier molecular flexibility index (Phi) is 13.2. The first kappa shape index (κ1) is 54.9. The van der Waals surface area contributed by atoms with Crippen LogP contribution in [0.1, 0.15) is 61.8 Å². The molecule has 3 heterocycles. The van der Waals surface area contributed by atoms with Crippen LogP contribution in [-0.2, 0) is 5.41 Å². The molecule has 4 aliphatic rings. The summed E-state index contributed by atoms with van der Waals surface area (Å²) < 4.78 is 0. The number of anilines is 8. The van der Waals surface area contributed by atoms with E-state index in [0.717, 1.165) is 29.9 Å². The van der Waals surface area contributed by atoms with Crippen molar-refractivity contribution in [3.05, 3.63) is 320 Å². The largest absolute Gasteiger partial charge is 0.335 e. The lowest BCUT2D eigenvalue weighted by Crippen LogP contribution is -2.74. The summed E-state index contributed by atoms with van der Waals surface area (Å²) in [5.41, 5.74) is 19.1. The molecule has 0 bridgehead atoms. The second-order valence-electron chi connectivity index (χ2n) is 26.1. The van der Waals surface area contributed by atoms with Crippen molar-refractivity contribution in [2.75, 3.05) is 14.7 Å². The molecule has 0 aromatic heterocycles. The molecule has 430 valence electrons. The van der Waals surface area contributed by atoms with Crippen LogP contribution in [0.3, 0.4) is 0 Å². The van der Waals surface area contributed by atoms with Crippen molar-refractivity contribution in [2.24, 2.45) is 0 Å². The number of hydrogen-bond acceptors (Lipinski definition) is 3. The summed E-state index contributed by atoms with van der Waals surface area (Å²) in [5, 5.41) is 10.8. The second-order valence-corrected chi connectivity index (χ2v) is 33.7. The van der Waals surface area contributed by atoms with Crippen LogP contribution in [0.25, 0.3) is 0 Å². The van der Waals surface area contributed by atoms with Crippen LogP contribution in [0.4, 0.5) is 45.5 Å². The Hall–Kier alpha value is -9.46. The summed E-state index contributed by atoms with van der Waals surface area (Å²) in [6.45, 7) is 12.1. The Morgan fingerprint density at radius 2 is 0.798 bits per heavy atom. The Balaban J connectivity index is 0.985. The normalized spacial score (nSPS) is 17.1. The summed E-state index contributed by atoms with van der Waals surface area (Å²) in [6.07, 6.45) is 4.73. The number of benzene rings is 12. The molecule has 12 aromatic carbocycles. The molecule has 1 aliphatic carbocycles. The van der Waals surface area contributed by atoms with E-state index in [9.17, 15) is 0 Å². The van der Waals surface area contributed by atoms with E-state index in [0.29, 0.717) is 0 Å². The van der Waals surface area contributed by atoms with Crippen LogP contribution in [0.5, 0.6) is 0 Å². The standard InChI is InChI=1S/C83H72BN3Si2/c1-59-27-26-28-64(53-59)86-77-56-60(2)41-50-75(77)84-76-55-61(3)54-74-81(76)87(83(5)52-25-24-51-82(74,83)4)79-58-65(57-78(86)80(79)84)85(62-42-46-72(47-43-62)88(66-29-12-6-13-30-66,67-31-14-7-15-32-67)68-33-16-8-17-34-68)63-44-48-73(49-45-63)89(69-35-18-9-19-36-69,70-37-20-10-21-38-70)71-39-22-11-23-40-71/h6-23,26-50,53-58H,24-25,51-52H2,1-5H3. The zero-order valence-corrected chi connectivity index (χ0v) is 53.5. The minimum Gasteiger partial charge on any atom is -0.335 e. The molecule has 89 heavy (non-hydrogen) atoms. The maximum Gasteiger partial charge on any atom is 0.252 e. The Labute approximate surface area is 528 Å². The first-order chi connectivity index (χ1) is 43.6. The third-order valence-corrected chi connectivity index (χ3v) is 30.8. The molecule has 6 heteroatoms. The molecule has 3 aliphatic heterocycles. The zero-order chi connectivity index (χ0) is 60.1. The van der Waals surface area contributed by atoms with E-state index in [1.807, 2.05) is 0 Å². The molecular formula is C83H72BN3Si2. The molecule has 0 N–H and O–H groups in total. The van der Waals surface area contributed by atoms with Crippen molar-refractivity contribution >= 4 is 126 Å². The predicted molar refractivity (Wildman–Crippen MR) is 385 cm³/mol. The molecular weight excluding hydrogens is 1110 g/mol. The molecule has 1 saturated carbocycles. The first-order valence-electron chi connectivity index (χ1n) is 32.1. The van der Waals surface area contributed by atoms with Gasteiger partial charge in [-0.1, -0.05) is 268 Å². The number of fused-ring (bicyclic) bond motifs is 7. The SMILES string of the molecule is Cc1cccc(N2c3cc(C)ccc3B3c4cc(C)cc5c4N(c4cc(N(c6ccc([Si](c7ccccc7)(c7ccccc7)c7ccccc7)cc6)c6ccc([Si](c7ccccc7)(c7ccccc7)c7ccccc7)cc6)cc2c43)C2(C)CCCCC52C)c1. The summed E-state index contributed by atoms with van der Waals surface area (Å²) in [6, 6.07) is 114. The lowest BCUT2D eigenvalue weighted by Gasteiger charge is -2.53. The number of hydrogen-bond donors (Lipinski definition) is 0. The minimum absolute atomic E-state index is 0.0362. The number of aryl methyl sites for hydroxylation is 3. The molecule has 16 rings (SSSR count). The fourth-order valence-electron chi connectivity index (χ4n) is 17.1. The molecule has 0 spiro atoms. The Morgan fingerprint density at radius 1 is 0.360 bits per heavy atom. The van der Waals surface area contributed by atoms with Gasteiger partial charge in [-0.05, 0) is 170 Å². The highest BCUT2D eigenvalue weighted by atomic mass is 28.3. The van der Waals surface area contributed by atoms with Gasteiger partial charge >= 0.3 is 0 Å². The maximum atomic E-state index is 2.89. The van der Waals surface area contributed by atoms with E-state index in [4.69, 9.17) is 0 Å². The van der Waals surface area contributed by atoms with Crippen molar-refractivity contribution in [3.8, 4) is 0 Å². The highest BCUT2D eigenvalue weighted by Crippen LogP contribution is 2.62. The van der Waals surface area contributed by atoms with Gasteiger partial charge < -0.3 is 14.7 Å². The van der Waals surface area contributed by atoms with Gasteiger partial charge in [-0.3, -0.25) is 0 Å². The van der Waals surface area contributed by atoms with Gasteiger partial charge in [0.2, 0.25) is 0 Å². The van der Waals surface area contributed by atoms with Gasteiger partial charge in [0.1, 0.15) is 0 Å². The van der Waals surface area contributed by atoms with Gasteiger partial charge in [-0.15, -0.1) is 0 Å². The summed E-state index contributed by atoms with van der Waals surface area (Å²) in [4.78, 5) is 8.11. The minimum atomic E-state index is -2.87. The summed E-state index contributed by atoms with van der Waals surface area (Å²) in [5.74, 6) is 0. The third-order valence-electron chi connectivity index (χ3n) is 21.2. The highest BCUT2D eigenvalue weighted by molar-refractivity contribution is 7.20. The molecule has 1 fully saturated rings. The average molecular weight is 1180 g/mol. The number of nitrogens with zero attached hydrogens (tertiary/aromatic N) is 3. The van der Waals surface area contributed by atoms with Crippen molar-refractivity contribution in [1.29, 1.82) is 0 Å². The van der Waals surface area contributed by atoms with E-state index in [1.165, 1.54) is 121 Å². The Morgan fingerprint density at radius 3 is 1.27 bits per heavy atom. The summed E-state index contributed by atoms with van der Waals surface area (Å²) in [7, 11) is -5.74. The van der Waals surface area contributed by atoms with Crippen molar-refractivity contribution < 1.29 is 0 Å². The molecule has 0 saturated heterocycles. The van der Waals surface area contributed by atoms with Crippen LogP contribution in [0.2, 0.25) is 0 Å². The van der Waals surface area contributed by atoms with Crippen LogP contribution >= 0.6 is 0 Å². The molecule has 0 radical (unpaired) electrons. The molecule has 3 nitrogen and oxygen atoms in total. The zero-order valence-electron chi connectivity index (χ0n) is 51.5. The summed E-state index contributed by atoms with van der Waals surface area (Å²) >= 11 is 0. The second kappa shape index (κ2) is 21.4. The molecule has 12 aromatic rings. The van der Waals surface area contributed by atoms with Crippen LogP contribution in [0, 0.1) is 20.8 Å². The monoisotopic (exact) mass is 1180 g/mol. The van der Waals surface area contributed by atoms with Crippen LogP contribution < -0.4 is 72.6 Å². The Bertz CT molecular complexity index is 4260. The fourth-order valence-corrected chi connectivity index (χ4v) is 26.5. The first-order valence-corrected chi connectivity index (χ1v) is 36.1. The molecule has 0 amide bonds. The average Bonchev–Trinajstić information content (AvgIpc) is 1.68. The fraction of sp³-hybridized carbons (Fsp3) is 0.133. The predicted octanol–water partition coefficient (Wildman–Crippen LogP) is 13.2. The highest BCUT2D eigenvalue weighted by Gasteiger charge is 2.61. The maximum absolute atomic E-state index is 2.89. The quantitative estimate of drug-likeness (QED) is 0.0892. The van der Waals surface area contributed by atoms with Crippen molar-refractivity contribution in [3.63, 3.8) is 0 Å². The van der Waals surface area contributed by atoms with Crippen LogP contribution in [-0.4, -0.2) is 28.4 Å². The van der Waals surface area contributed by atoms with Crippen LogP contribution in [0.15, 0.2) is 297 Å². The topological polar surface area (TPSA) is 9.72 Å². The number of rotatable bonds is 12. The van der Waals surface area contributed by atoms with Gasteiger partial charge in [-0.2, -0.15) is 0 Å². The van der Waals surface area contributed by atoms with Gasteiger partial charge in [0.05, 0.1) is 11.2 Å². The van der Waals surface area contributed by atoms with E-state index in [2.05, 4.69) is 347 Å². The van der Waals surface area contributed by atoms with E-state index >= 15 is 0 Å². The van der Waals surface area contributed by atoms with Gasteiger partial charge in [0.25, 0.3) is 6.71 Å². The van der Waals surface area contributed by atoms with Crippen molar-refractivity contribution in [2.45, 2.75) is 71.3 Å². The van der Waals surface area contributed by atoms with Gasteiger partial charge in [0.15, 0.2) is 16.1 Å². The lowest BCUT2D eigenvalue weighted by molar-refractivity contribution is 0.195. The van der Waals surface area contributed by atoms with Gasteiger partial charge in [0, 0.05) is 45.2 Å². The smallest absolute Gasteiger partial charge is 0.252 e. The van der Waals surface area contributed by atoms with Crippen molar-refractivity contribution in [1.82, 2.24) is 0 Å². The van der Waals surface area contributed by atoms with E-state index < -0.39 is 16.1 Å². The molecule has 2 unspecified atom stereocenters. The van der Waals surface area contributed by atoms with Gasteiger partial charge in [-0.25, -0.2) is 0 Å².